The number of carbonyl (C=O) groups is 1. The molecule has 4 atom stereocenters. The van der Waals surface area contributed by atoms with Crippen molar-refractivity contribution in [3.63, 3.8) is 0 Å². The minimum absolute atomic E-state index is 0.0358. The number of carbonyl (C=O) groups excluding carboxylic acids is 1. The summed E-state index contributed by atoms with van der Waals surface area (Å²) in [7, 11) is 0. The van der Waals surface area contributed by atoms with E-state index in [0.29, 0.717) is 12.5 Å². The van der Waals surface area contributed by atoms with Crippen LogP contribution in [0.15, 0.2) is 18.2 Å². The minimum atomic E-state index is -0.976. The van der Waals surface area contributed by atoms with Crippen LogP contribution in [0.2, 0.25) is 0 Å². The van der Waals surface area contributed by atoms with Gasteiger partial charge in [-0.1, -0.05) is 12.1 Å². The first-order valence-electron chi connectivity index (χ1n) is 6.67. The van der Waals surface area contributed by atoms with E-state index >= 15 is 0 Å². The Morgan fingerprint density at radius 2 is 2.25 bits per heavy atom. The van der Waals surface area contributed by atoms with Gasteiger partial charge in [0, 0.05) is 24.1 Å². The molecule has 1 saturated heterocycles. The maximum atomic E-state index is 13.5. The van der Waals surface area contributed by atoms with Crippen LogP contribution in [0, 0.1) is 17.6 Å². The lowest BCUT2D eigenvalue weighted by Gasteiger charge is -2.45. The Hall–Kier alpha value is -1.53. The Morgan fingerprint density at radius 1 is 1.45 bits per heavy atom. The molecule has 108 valence electrons. The lowest BCUT2D eigenvalue weighted by atomic mass is 9.72. The Labute approximate surface area is 115 Å². The standard InChI is InChI=1S/C14H16F2N2O2/c15-9-3-1-2-7(11(9)16)6-10(19)18-13-12(17)8-4-5-20-14(8)13/h1-3,8,12-14H,4-6,17H2,(H,18,19). The van der Waals surface area contributed by atoms with Crippen LogP contribution >= 0.6 is 0 Å². The van der Waals surface area contributed by atoms with Crippen LogP contribution in [0.1, 0.15) is 12.0 Å². The molecule has 1 aromatic carbocycles. The van der Waals surface area contributed by atoms with E-state index in [4.69, 9.17) is 10.5 Å². The van der Waals surface area contributed by atoms with E-state index in [2.05, 4.69) is 5.32 Å². The minimum Gasteiger partial charge on any atom is -0.376 e. The van der Waals surface area contributed by atoms with Crippen LogP contribution in [0.25, 0.3) is 0 Å². The van der Waals surface area contributed by atoms with Gasteiger partial charge in [0.2, 0.25) is 5.91 Å². The monoisotopic (exact) mass is 282 g/mol. The number of amides is 1. The summed E-state index contributed by atoms with van der Waals surface area (Å²) in [6.07, 6.45) is 0.673. The van der Waals surface area contributed by atoms with Crippen molar-refractivity contribution in [3.05, 3.63) is 35.4 Å². The summed E-state index contributed by atoms with van der Waals surface area (Å²) in [5.41, 5.74) is 6.02. The molecule has 2 aliphatic rings. The van der Waals surface area contributed by atoms with Crippen LogP contribution in [-0.2, 0) is 16.0 Å². The van der Waals surface area contributed by atoms with E-state index in [1.54, 1.807) is 0 Å². The van der Waals surface area contributed by atoms with Gasteiger partial charge >= 0.3 is 0 Å². The van der Waals surface area contributed by atoms with Crippen LogP contribution in [0.3, 0.4) is 0 Å². The average molecular weight is 282 g/mol. The molecule has 1 heterocycles. The van der Waals surface area contributed by atoms with Gasteiger partial charge in [-0.15, -0.1) is 0 Å². The quantitative estimate of drug-likeness (QED) is 0.859. The van der Waals surface area contributed by atoms with Gasteiger partial charge < -0.3 is 15.8 Å². The Balaban J connectivity index is 1.61. The molecular formula is C14H16F2N2O2. The fourth-order valence-electron chi connectivity index (χ4n) is 3.02. The van der Waals surface area contributed by atoms with Crippen molar-refractivity contribution in [1.29, 1.82) is 0 Å². The summed E-state index contributed by atoms with van der Waals surface area (Å²) >= 11 is 0. The van der Waals surface area contributed by atoms with Gasteiger partial charge in [-0.2, -0.15) is 0 Å². The fraction of sp³-hybridized carbons (Fsp3) is 0.500. The van der Waals surface area contributed by atoms with Crippen molar-refractivity contribution in [2.75, 3.05) is 6.61 Å². The van der Waals surface area contributed by atoms with Gasteiger partial charge in [-0.25, -0.2) is 8.78 Å². The molecule has 3 N–H and O–H groups in total. The zero-order valence-electron chi connectivity index (χ0n) is 10.8. The van der Waals surface area contributed by atoms with Crippen molar-refractivity contribution in [3.8, 4) is 0 Å². The van der Waals surface area contributed by atoms with Crippen molar-refractivity contribution in [1.82, 2.24) is 5.32 Å². The van der Waals surface area contributed by atoms with Gasteiger partial charge in [0.05, 0.1) is 18.6 Å². The van der Waals surface area contributed by atoms with Crippen molar-refractivity contribution in [2.24, 2.45) is 11.7 Å². The largest absolute Gasteiger partial charge is 0.376 e. The molecule has 0 radical (unpaired) electrons. The topological polar surface area (TPSA) is 64.3 Å². The molecule has 4 unspecified atom stereocenters. The molecule has 0 aromatic heterocycles. The van der Waals surface area contributed by atoms with Crippen LogP contribution in [0.4, 0.5) is 8.78 Å². The molecule has 2 fully saturated rings. The summed E-state index contributed by atoms with van der Waals surface area (Å²) in [6, 6.07) is 3.45. The second-order valence-corrected chi connectivity index (χ2v) is 5.35. The summed E-state index contributed by atoms with van der Waals surface area (Å²) in [5, 5.41) is 2.75. The zero-order chi connectivity index (χ0) is 14.3. The van der Waals surface area contributed by atoms with E-state index in [1.165, 1.54) is 12.1 Å². The first-order valence-corrected chi connectivity index (χ1v) is 6.67. The molecule has 1 saturated carbocycles. The highest BCUT2D eigenvalue weighted by atomic mass is 19.2. The van der Waals surface area contributed by atoms with Crippen LogP contribution < -0.4 is 11.1 Å². The summed E-state index contributed by atoms with van der Waals surface area (Å²) in [5.74, 6) is -2.00. The van der Waals surface area contributed by atoms with Gasteiger partial charge in [0.15, 0.2) is 11.6 Å². The molecule has 1 amide bonds. The Kier molecular flexibility index (Phi) is 3.43. The lowest BCUT2D eigenvalue weighted by Crippen LogP contribution is -2.69. The average Bonchev–Trinajstić information content (AvgIpc) is 2.86. The molecule has 1 aliphatic carbocycles. The summed E-state index contributed by atoms with van der Waals surface area (Å²) in [4.78, 5) is 11.9. The number of ether oxygens (including phenoxy) is 1. The normalized spacial score (nSPS) is 31.6. The summed E-state index contributed by atoms with van der Waals surface area (Å²) in [6.45, 7) is 0.661. The number of benzene rings is 1. The van der Waals surface area contributed by atoms with E-state index in [1.807, 2.05) is 0 Å². The van der Waals surface area contributed by atoms with E-state index in [0.717, 1.165) is 12.5 Å². The maximum absolute atomic E-state index is 13.5. The number of hydrogen-bond donors (Lipinski definition) is 2. The summed E-state index contributed by atoms with van der Waals surface area (Å²) < 4.78 is 32.0. The van der Waals surface area contributed by atoms with Gasteiger partial charge in [-0.3, -0.25) is 4.79 Å². The van der Waals surface area contributed by atoms with Gasteiger partial charge in [-0.05, 0) is 12.5 Å². The molecule has 6 heteroatoms. The van der Waals surface area contributed by atoms with Crippen LogP contribution in [0.5, 0.6) is 0 Å². The molecule has 4 nitrogen and oxygen atoms in total. The number of fused-ring (bicyclic) bond motifs is 1. The fourth-order valence-corrected chi connectivity index (χ4v) is 3.02. The maximum Gasteiger partial charge on any atom is 0.224 e. The molecule has 3 rings (SSSR count). The highest BCUT2D eigenvalue weighted by Gasteiger charge is 2.52. The molecule has 0 bridgehead atoms. The lowest BCUT2D eigenvalue weighted by molar-refractivity contribution is -0.125. The smallest absolute Gasteiger partial charge is 0.224 e. The molecule has 0 spiro atoms. The van der Waals surface area contributed by atoms with Crippen molar-refractivity contribution < 1.29 is 18.3 Å². The highest BCUT2D eigenvalue weighted by Crippen LogP contribution is 2.37. The highest BCUT2D eigenvalue weighted by molar-refractivity contribution is 5.79. The van der Waals surface area contributed by atoms with Gasteiger partial charge in [0.1, 0.15) is 0 Å². The first kappa shape index (κ1) is 13.5. The van der Waals surface area contributed by atoms with Crippen molar-refractivity contribution >= 4 is 5.91 Å². The number of nitrogens with two attached hydrogens (primary N) is 1. The zero-order valence-corrected chi connectivity index (χ0v) is 10.8. The van der Waals surface area contributed by atoms with Crippen LogP contribution in [-0.4, -0.2) is 30.7 Å². The molecule has 1 aromatic rings. The number of nitrogens with one attached hydrogen (secondary N) is 1. The number of rotatable bonds is 3. The SMILES string of the molecule is NC1C2CCOC2C1NC(=O)Cc1cccc(F)c1F. The first-order chi connectivity index (χ1) is 9.58. The second kappa shape index (κ2) is 5.10. The van der Waals surface area contributed by atoms with Gasteiger partial charge in [0.25, 0.3) is 0 Å². The Bertz CT molecular complexity index is 538. The molecular weight excluding hydrogens is 266 g/mol. The van der Waals surface area contributed by atoms with Crippen molar-refractivity contribution in [2.45, 2.75) is 31.0 Å². The second-order valence-electron chi connectivity index (χ2n) is 5.35. The number of hydrogen-bond acceptors (Lipinski definition) is 3. The third-order valence-electron chi connectivity index (χ3n) is 4.16. The predicted molar refractivity (Wildman–Crippen MR) is 67.8 cm³/mol. The predicted octanol–water partition coefficient (Wildman–Crippen LogP) is 0.738. The van der Waals surface area contributed by atoms with E-state index < -0.39 is 11.6 Å². The Morgan fingerprint density at radius 3 is 3.05 bits per heavy atom. The molecule has 1 aliphatic heterocycles. The molecule has 20 heavy (non-hydrogen) atoms. The van der Waals surface area contributed by atoms with E-state index in [9.17, 15) is 13.6 Å². The number of halogens is 2. The third-order valence-corrected chi connectivity index (χ3v) is 4.16. The third kappa shape index (κ3) is 2.19. The van der Waals surface area contributed by atoms with E-state index in [-0.39, 0.29) is 36.1 Å².